The summed E-state index contributed by atoms with van der Waals surface area (Å²) in [6, 6.07) is 6.78. The number of thioether (sulfide) groups is 1. The average molecular weight is 225 g/mol. The van der Waals surface area contributed by atoms with Crippen molar-refractivity contribution in [1.82, 2.24) is 0 Å². The lowest BCUT2D eigenvalue weighted by Gasteiger charge is -2.14. The first-order valence-corrected chi connectivity index (χ1v) is 6.16. The van der Waals surface area contributed by atoms with Gasteiger partial charge in [-0.2, -0.15) is 0 Å². The molecular formula is C12H16FNS. The van der Waals surface area contributed by atoms with Gasteiger partial charge in [0.25, 0.3) is 0 Å². The summed E-state index contributed by atoms with van der Waals surface area (Å²) in [7, 11) is 0. The Hall–Kier alpha value is -0.540. The lowest BCUT2D eigenvalue weighted by atomic mass is 10.2. The molecule has 2 N–H and O–H groups in total. The van der Waals surface area contributed by atoms with Gasteiger partial charge in [-0.3, -0.25) is 0 Å². The van der Waals surface area contributed by atoms with Crippen molar-refractivity contribution < 1.29 is 4.39 Å². The zero-order chi connectivity index (χ0) is 10.9. The summed E-state index contributed by atoms with van der Waals surface area (Å²) < 4.78 is 13.2. The van der Waals surface area contributed by atoms with Gasteiger partial charge in [-0.15, -0.1) is 11.8 Å². The summed E-state index contributed by atoms with van der Waals surface area (Å²) in [4.78, 5) is 0.997. The highest BCUT2D eigenvalue weighted by Gasteiger charge is 2.52. The van der Waals surface area contributed by atoms with E-state index in [1.54, 1.807) is 23.9 Å². The molecule has 2 atom stereocenters. The molecule has 0 radical (unpaired) electrons. The molecule has 0 bridgehead atoms. The van der Waals surface area contributed by atoms with Crippen LogP contribution < -0.4 is 5.73 Å². The van der Waals surface area contributed by atoms with Crippen molar-refractivity contribution in [2.24, 2.45) is 11.7 Å². The van der Waals surface area contributed by atoms with Crippen LogP contribution in [0.1, 0.15) is 19.8 Å². The van der Waals surface area contributed by atoms with Gasteiger partial charge in [0, 0.05) is 16.2 Å². The second-order valence-corrected chi connectivity index (χ2v) is 5.63. The molecule has 0 saturated heterocycles. The van der Waals surface area contributed by atoms with E-state index in [-0.39, 0.29) is 10.6 Å². The lowest BCUT2D eigenvalue weighted by molar-refractivity contribution is 0.624. The predicted octanol–water partition coefficient (Wildman–Crippen LogP) is 3.05. The Bertz CT molecular complexity index is 355. The van der Waals surface area contributed by atoms with Crippen LogP contribution in [0.5, 0.6) is 0 Å². The minimum absolute atomic E-state index is 0.166. The first-order valence-electron chi connectivity index (χ1n) is 5.35. The summed E-state index contributed by atoms with van der Waals surface area (Å²) >= 11 is 1.74. The second kappa shape index (κ2) is 4.14. The highest BCUT2D eigenvalue weighted by atomic mass is 32.2. The van der Waals surface area contributed by atoms with Crippen molar-refractivity contribution in [1.29, 1.82) is 0 Å². The monoisotopic (exact) mass is 225 g/mol. The van der Waals surface area contributed by atoms with E-state index in [0.717, 1.165) is 4.90 Å². The van der Waals surface area contributed by atoms with Crippen molar-refractivity contribution in [2.75, 3.05) is 6.54 Å². The van der Waals surface area contributed by atoms with Crippen LogP contribution >= 0.6 is 11.8 Å². The first kappa shape index (κ1) is 11.0. The van der Waals surface area contributed by atoms with Crippen molar-refractivity contribution >= 4 is 11.8 Å². The Labute approximate surface area is 94.2 Å². The van der Waals surface area contributed by atoms with E-state index in [4.69, 9.17) is 5.73 Å². The zero-order valence-electron chi connectivity index (χ0n) is 8.87. The molecule has 1 aromatic rings. The minimum atomic E-state index is -0.166. The van der Waals surface area contributed by atoms with Gasteiger partial charge in [-0.05, 0) is 30.5 Å². The highest BCUT2D eigenvalue weighted by molar-refractivity contribution is 8.01. The van der Waals surface area contributed by atoms with Crippen LogP contribution in [-0.4, -0.2) is 11.3 Å². The van der Waals surface area contributed by atoms with Gasteiger partial charge < -0.3 is 5.73 Å². The van der Waals surface area contributed by atoms with E-state index < -0.39 is 0 Å². The van der Waals surface area contributed by atoms with Crippen LogP contribution in [0, 0.1) is 11.7 Å². The fraction of sp³-hybridized carbons (Fsp3) is 0.500. The Morgan fingerprint density at radius 1 is 1.60 bits per heavy atom. The van der Waals surface area contributed by atoms with Gasteiger partial charge in [0.05, 0.1) is 0 Å². The highest BCUT2D eigenvalue weighted by Crippen LogP contribution is 2.57. The van der Waals surface area contributed by atoms with Crippen molar-refractivity contribution in [3.8, 4) is 0 Å². The number of halogens is 1. The average Bonchev–Trinajstić information content (AvgIpc) is 2.92. The van der Waals surface area contributed by atoms with Gasteiger partial charge in [0.1, 0.15) is 5.82 Å². The molecule has 0 amide bonds. The number of nitrogens with two attached hydrogens (primary N) is 1. The van der Waals surface area contributed by atoms with Crippen LogP contribution in [-0.2, 0) is 0 Å². The van der Waals surface area contributed by atoms with E-state index in [2.05, 4.69) is 6.92 Å². The summed E-state index contributed by atoms with van der Waals surface area (Å²) in [5, 5.41) is 0. The Kier molecular flexibility index (Phi) is 3.03. The molecule has 0 spiro atoms. The molecule has 1 saturated carbocycles. The predicted molar refractivity (Wildman–Crippen MR) is 62.4 cm³/mol. The molecule has 3 heteroatoms. The van der Waals surface area contributed by atoms with E-state index in [9.17, 15) is 4.39 Å². The topological polar surface area (TPSA) is 26.0 Å². The molecule has 1 nitrogen and oxygen atoms in total. The molecule has 0 aromatic heterocycles. The Morgan fingerprint density at radius 3 is 2.93 bits per heavy atom. The summed E-state index contributed by atoms with van der Waals surface area (Å²) in [5.41, 5.74) is 5.81. The van der Waals surface area contributed by atoms with E-state index >= 15 is 0 Å². The van der Waals surface area contributed by atoms with Crippen LogP contribution in [0.3, 0.4) is 0 Å². The molecule has 0 heterocycles. The quantitative estimate of drug-likeness (QED) is 0.852. The standard InChI is InChI=1S/C12H16FNS/c1-2-9-7-12(9,8-14)15-11-5-3-4-10(13)6-11/h3-6,9H,2,7-8,14H2,1H3. The lowest BCUT2D eigenvalue weighted by Crippen LogP contribution is -2.20. The Balaban J connectivity index is 2.08. The van der Waals surface area contributed by atoms with Crippen molar-refractivity contribution in [3.63, 3.8) is 0 Å². The normalized spacial score (nSPS) is 29.1. The van der Waals surface area contributed by atoms with E-state index in [1.807, 2.05) is 6.07 Å². The number of rotatable bonds is 4. The largest absolute Gasteiger partial charge is 0.329 e. The zero-order valence-corrected chi connectivity index (χ0v) is 9.69. The molecule has 1 aliphatic rings. The number of benzene rings is 1. The Morgan fingerprint density at radius 2 is 2.40 bits per heavy atom. The van der Waals surface area contributed by atoms with Crippen LogP contribution in [0.4, 0.5) is 4.39 Å². The van der Waals surface area contributed by atoms with Crippen molar-refractivity contribution in [2.45, 2.75) is 29.4 Å². The molecule has 15 heavy (non-hydrogen) atoms. The minimum Gasteiger partial charge on any atom is -0.329 e. The van der Waals surface area contributed by atoms with Crippen LogP contribution in [0.15, 0.2) is 29.2 Å². The smallest absolute Gasteiger partial charge is 0.124 e. The molecule has 1 aromatic carbocycles. The second-order valence-electron chi connectivity index (χ2n) is 4.14. The summed E-state index contributed by atoms with van der Waals surface area (Å²) in [6.07, 6.45) is 2.33. The molecule has 1 fully saturated rings. The third kappa shape index (κ3) is 2.18. The van der Waals surface area contributed by atoms with Gasteiger partial charge in [-0.1, -0.05) is 19.4 Å². The van der Waals surface area contributed by atoms with E-state index in [1.165, 1.54) is 18.9 Å². The van der Waals surface area contributed by atoms with Gasteiger partial charge >= 0.3 is 0 Å². The maximum absolute atomic E-state index is 13.0. The first-order chi connectivity index (χ1) is 7.20. The SMILES string of the molecule is CCC1CC1(CN)Sc1cccc(F)c1. The molecule has 1 aliphatic carbocycles. The van der Waals surface area contributed by atoms with E-state index in [0.29, 0.717) is 12.5 Å². The van der Waals surface area contributed by atoms with Crippen molar-refractivity contribution in [3.05, 3.63) is 30.1 Å². The molecule has 0 aliphatic heterocycles. The maximum atomic E-state index is 13.0. The fourth-order valence-corrected chi connectivity index (χ4v) is 3.55. The molecule has 82 valence electrons. The number of hydrogen-bond acceptors (Lipinski definition) is 2. The van der Waals surface area contributed by atoms with Crippen LogP contribution in [0.2, 0.25) is 0 Å². The van der Waals surface area contributed by atoms with Gasteiger partial charge in [0.2, 0.25) is 0 Å². The maximum Gasteiger partial charge on any atom is 0.124 e. The third-order valence-corrected chi connectivity index (χ3v) is 4.69. The molecule has 2 rings (SSSR count). The fourth-order valence-electron chi connectivity index (χ4n) is 2.06. The van der Waals surface area contributed by atoms with Gasteiger partial charge in [-0.25, -0.2) is 4.39 Å². The molecular weight excluding hydrogens is 209 g/mol. The summed E-state index contributed by atoms with van der Waals surface area (Å²) in [5.74, 6) is 0.539. The van der Waals surface area contributed by atoms with Gasteiger partial charge in [0.15, 0.2) is 0 Å². The summed E-state index contributed by atoms with van der Waals surface area (Å²) in [6.45, 7) is 2.88. The third-order valence-electron chi connectivity index (χ3n) is 3.13. The molecule has 2 unspecified atom stereocenters. The van der Waals surface area contributed by atoms with Crippen LogP contribution in [0.25, 0.3) is 0 Å². The number of hydrogen-bond donors (Lipinski definition) is 1.